The number of nitrogens with two attached hydrogens (primary N) is 1. The van der Waals surface area contributed by atoms with Crippen molar-refractivity contribution in [3.63, 3.8) is 0 Å². The minimum absolute atomic E-state index is 0.565. The fraction of sp³-hybridized carbons (Fsp3) is 0.375. The quantitative estimate of drug-likeness (QED) is 0.683. The van der Waals surface area contributed by atoms with Crippen molar-refractivity contribution >= 4 is 11.4 Å². The van der Waals surface area contributed by atoms with Gasteiger partial charge >= 0.3 is 0 Å². The van der Waals surface area contributed by atoms with E-state index in [2.05, 4.69) is 11.7 Å². The second-order valence-electron chi connectivity index (χ2n) is 2.43. The first-order valence-corrected chi connectivity index (χ1v) is 3.76. The summed E-state index contributed by atoms with van der Waals surface area (Å²) in [4.78, 5) is 0. The van der Waals surface area contributed by atoms with E-state index in [9.17, 15) is 0 Å². The molecule has 12 heavy (non-hydrogen) atoms. The zero-order chi connectivity index (χ0) is 9.14. The summed E-state index contributed by atoms with van der Waals surface area (Å²) in [7, 11) is 1.80. The van der Waals surface area contributed by atoms with Gasteiger partial charge < -0.3 is 10.5 Å². The Morgan fingerprint density at radius 2 is 2.50 bits per heavy atom. The monoisotopic (exact) mass is 167 g/mol. The molecule has 1 aromatic rings. The predicted molar refractivity (Wildman–Crippen MR) is 48.3 cm³/mol. The van der Waals surface area contributed by atoms with Crippen LogP contribution in [0.15, 0.2) is 12.8 Å². The van der Waals surface area contributed by atoms with Crippen LogP contribution < -0.4 is 5.73 Å². The summed E-state index contributed by atoms with van der Waals surface area (Å²) in [5, 5.41) is 3.97. The fourth-order valence-electron chi connectivity index (χ4n) is 1.04. The Morgan fingerprint density at radius 1 is 1.83 bits per heavy atom. The van der Waals surface area contributed by atoms with Crippen molar-refractivity contribution in [2.75, 3.05) is 12.3 Å². The summed E-state index contributed by atoms with van der Waals surface area (Å²) in [6.07, 6.45) is 1.58. The van der Waals surface area contributed by atoms with E-state index < -0.39 is 0 Å². The molecule has 1 aromatic heterocycles. The third-order valence-electron chi connectivity index (χ3n) is 1.55. The van der Waals surface area contributed by atoms with Crippen LogP contribution in [0.4, 0.5) is 5.69 Å². The highest BCUT2D eigenvalue weighted by Crippen LogP contribution is 2.19. The van der Waals surface area contributed by atoms with E-state index in [4.69, 9.17) is 10.5 Å². The van der Waals surface area contributed by atoms with Crippen molar-refractivity contribution in [1.29, 1.82) is 0 Å². The molecule has 0 bridgehead atoms. The number of aromatic nitrogens is 2. The zero-order valence-electron chi connectivity index (χ0n) is 7.37. The third-order valence-corrected chi connectivity index (χ3v) is 1.55. The van der Waals surface area contributed by atoms with Crippen LogP contribution in [0.25, 0.3) is 5.76 Å². The van der Waals surface area contributed by atoms with Crippen molar-refractivity contribution in [1.82, 2.24) is 9.78 Å². The Kier molecular flexibility index (Phi) is 2.38. The Bertz CT molecular complexity index is 271. The molecule has 0 atom stereocenters. The average Bonchev–Trinajstić information content (AvgIpc) is 2.32. The Balaban J connectivity index is 2.93. The highest BCUT2D eigenvalue weighted by Gasteiger charge is 2.09. The van der Waals surface area contributed by atoms with Crippen LogP contribution in [-0.4, -0.2) is 16.4 Å². The number of nitrogen functional groups attached to an aromatic ring is 1. The van der Waals surface area contributed by atoms with Crippen LogP contribution in [0.2, 0.25) is 0 Å². The van der Waals surface area contributed by atoms with Gasteiger partial charge in [0.05, 0.1) is 18.5 Å². The summed E-state index contributed by atoms with van der Waals surface area (Å²) in [5.41, 5.74) is 6.99. The third kappa shape index (κ3) is 1.42. The Labute approximate surface area is 71.6 Å². The molecule has 1 rings (SSSR count). The van der Waals surface area contributed by atoms with E-state index in [1.54, 1.807) is 17.9 Å². The van der Waals surface area contributed by atoms with Gasteiger partial charge in [-0.15, -0.1) is 0 Å². The summed E-state index contributed by atoms with van der Waals surface area (Å²) in [5.74, 6) is 0.565. The molecule has 0 aliphatic rings. The van der Waals surface area contributed by atoms with Crippen LogP contribution in [0.5, 0.6) is 0 Å². The molecule has 1 heterocycles. The minimum atomic E-state index is 0.565. The van der Waals surface area contributed by atoms with E-state index >= 15 is 0 Å². The van der Waals surface area contributed by atoms with Gasteiger partial charge in [0, 0.05) is 7.05 Å². The lowest BCUT2D eigenvalue weighted by Gasteiger charge is -2.07. The Morgan fingerprint density at radius 3 is 2.92 bits per heavy atom. The second-order valence-corrected chi connectivity index (χ2v) is 2.43. The molecule has 0 aliphatic heterocycles. The number of anilines is 1. The molecule has 4 nitrogen and oxygen atoms in total. The molecular weight excluding hydrogens is 154 g/mol. The predicted octanol–water partition coefficient (Wildman–Crippen LogP) is 1.01. The molecule has 0 fully saturated rings. The molecule has 0 amide bonds. The lowest BCUT2D eigenvalue weighted by atomic mass is 10.3. The largest absolute Gasteiger partial charge is 0.492 e. The Hall–Kier alpha value is -1.45. The zero-order valence-corrected chi connectivity index (χ0v) is 7.37. The van der Waals surface area contributed by atoms with Crippen molar-refractivity contribution in [2.45, 2.75) is 6.92 Å². The first-order valence-electron chi connectivity index (χ1n) is 3.76. The topological polar surface area (TPSA) is 53.1 Å². The molecule has 0 radical (unpaired) electrons. The molecular formula is C8H13N3O. The molecule has 0 saturated heterocycles. The number of nitrogens with zero attached hydrogens (tertiary/aromatic N) is 2. The number of hydrogen-bond donors (Lipinski definition) is 1. The average molecular weight is 167 g/mol. The van der Waals surface area contributed by atoms with Crippen LogP contribution >= 0.6 is 0 Å². The van der Waals surface area contributed by atoms with Gasteiger partial charge in [0.2, 0.25) is 0 Å². The number of aryl methyl sites for hydroxylation is 1. The molecule has 0 spiro atoms. The lowest BCUT2D eigenvalue weighted by molar-refractivity contribution is 0.296. The van der Waals surface area contributed by atoms with Gasteiger partial charge in [-0.05, 0) is 6.92 Å². The van der Waals surface area contributed by atoms with Gasteiger partial charge in [0.1, 0.15) is 11.5 Å². The smallest absolute Gasteiger partial charge is 0.139 e. The molecule has 66 valence electrons. The first kappa shape index (κ1) is 8.64. The van der Waals surface area contributed by atoms with Crippen LogP contribution in [0, 0.1) is 0 Å². The maximum atomic E-state index is 5.65. The normalized spacial score (nSPS) is 9.83. The fourth-order valence-corrected chi connectivity index (χ4v) is 1.04. The standard InChI is InChI=1S/C8H13N3O/c1-4-12-6(2)8-7(9)5-10-11(8)3/h5H,2,4,9H2,1,3H3. The SMILES string of the molecule is C=C(OCC)c1c(N)cnn1C. The van der Waals surface area contributed by atoms with Crippen LogP contribution in [0.1, 0.15) is 12.6 Å². The second kappa shape index (κ2) is 3.30. The van der Waals surface area contributed by atoms with Gasteiger partial charge in [-0.25, -0.2) is 0 Å². The minimum Gasteiger partial charge on any atom is -0.492 e. The first-order chi connectivity index (χ1) is 5.66. The molecule has 2 N–H and O–H groups in total. The van der Waals surface area contributed by atoms with Gasteiger partial charge in [-0.3, -0.25) is 4.68 Å². The lowest BCUT2D eigenvalue weighted by Crippen LogP contribution is -2.01. The van der Waals surface area contributed by atoms with E-state index in [0.29, 0.717) is 18.1 Å². The molecule has 0 saturated carbocycles. The summed E-state index contributed by atoms with van der Waals surface area (Å²) in [6, 6.07) is 0. The summed E-state index contributed by atoms with van der Waals surface area (Å²) < 4.78 is 6.86. The van der Waals surface area contributed by atoms with Crippen LogP contribution in [-0.2, 0) is 11.8 Å². The van der Waals surface area contributed by atoms with Crippen molar-refractivity contribution in [3.05, 3.63) is 18.5 Å². The summed E-state index contributed by atoms with van der Waals surface area (Å²) in [6.45, 7) is 6.23. The van der Waals surface area contributed by atoms with Gasteiger partial charge in [0.15, 0.2) is 0 Å². The number of rotatable bonds is 3. The number of hydrogen-bond acceptors (Lipinski definition) is 3. The van der Waals surface area contributed by atoms with Gasteiger partial charge in [-0.1, -0.05) is 6.58 Å². The van der Waals surface area contributed by atoms with Crippen molar-refractivity contribution in [2.24, 2.45) is 7.05 Å². The van der Waals surface area contributed by atoms with Crippen molar-refractivity contribution in [3.8, 4) is 0 Å². The molecule has 0 aromatic carbocycles. The molecule has 4 heteroatoms. The highest BCUT2D eigenvalue weighted by atomic mass is 16.5. The van der Waals surface area contributed by atoms with E-state index in [-0.39, 0.29) is 0 Å². The highest BCUT2D eigenvalue weighted by molar-refractivity contribution is 5.66. The van der Waals surface area contributed by atoms with Crippen LogP contribution in [0.3, 0.4) is 0 Å². The van der Waals surface area contributed by atoms with Gasteiger partial charge in [0.25, 0.3) is 0 Å². The molecule has 0 unspecified atom stereocenters. The van der Waals surface area contributed by atoms with E-state index in [1.807, 2.05) is 6.92 Å². The maximum Gasteiger partial charge on any atom is 0.139 e. The maximum absolute atomic E-state index is 5.65. The molecule has 0 aliphatic carbocycles. The number of ether oxygens (including phenoxy) is 1. The van der Waals surface area contributed by atoms with Gasteiger partial charge in [-0.2, -0.15) is 5.10 Å². The van der Waals surface area contributed by atoms with Crippen molar-refractivity contribution < 1.29 is 4.74 Å². The van der Waals surface area contributed by atoms with E-state index in [0.717, 1.165) is 5.69 Å². The summed E-state index contributed by atoms with van der Waals surface area (Å²) >= 11 is 0. The van der Waals surface area contributed by atoms with E-state index in [1.165, 1.54) is 0 Å².